The second kappa shape index (κ2) is 9.48. The van der Waals surface area contributed by atoms with Crippen LogP contribution in [0.15, 0.2) is 59.2 Å². The molecular weight excluding hydrogens is 513 g/mol. The van der Waals surface area contributed by atoms with Crippen molar-refractivity contribution in [2.24, 2.45) is 0 Å². The Balaban J connectivity index is 1.47. The molecule has 4 aromatic rings. The smallest absolute Gasteiger partial charge is 0.256 e. The first-order chi connectivity index (χ1) is 15.3. The van der Waals surface area contributed by atoms with Crippen molar-refractivity contribution in [2.75, 3.05) is 5.32 Å². The molecule has 0 spiro atoms. The molecule has 32 heavy (non-hydrogen) atoms. The number of carbonyl (C=O) groups excluding carboxylic acids is 1. The molecular formula is C23H20BrCl2N5O. The number of benzene rings is 2. The minimum atomic E-state index is -0.240. The molecule has 0 atom stereocenters. The van der Waals surface area contributed by atoms with Crippen LogP contribution in [0.2, 0.25) is 10.0 Å². The molecule has 1 amide bonds. The lowest BCUT2D eigenvalue weighted by Gasteiger charge is -2.08. The average molecular weight is 533 g/mol. The summed E-state index contributed by atoms with van der Waals surface area (Å²) in [6.45, 7) is 4.89. The highest BCUT2D eigenvalue weighted by atomic mass is 79.9. The van der Waals surface area contributed by atoms with Gasteiger partial charge in [0.1, 0.15) is 0 Å². The fourth-order valence-electron chi connectivity index (χ4n) is 3.33. The van der Waals surface area contributed by atoms with Crippen molar-refractivity contribution in [3.63, 3.8) is 0 Å². The molecule has 1 N–H and O–H groups in total. The molecule has 0 unspecified atom stereocenters. The van der Waals surface area contributed by atoms with E-state index in [1.165, 1.54) is 0 Å². The minimum Gasteiger partial charge on any atom is -0.304 e. The number of nitrogens with zero attached hydrogens (tertiary/aromatic N) is 4. The van der Waals surface area contributed by atoms with Crippen molar-refractivity contribution in [2.45, 2.75) is 26.9 Å². The Morgan fingerprint density at radius 3 is 2.47 bits per heavy atom. The monoisotopic (exact) mass is 531 g/mol. The van der Waals surface area contributed by atoms with Crippen LogP contribution in [-0.2, 0) is 13.1 Å². The Kier molecular flexibility index (Phi) is 6.69. The predicted molar refractivity (Wildman–Crippen MR) is 131 cm³/mol. The molecule has 4 rings (SSSR count). The molecule has 0 aliphatic rings. The summed E-state index contributed by atoms with van der Waals surface area (Å²) >= 11 is 15.7. The highest BCUT2D eigenvalue weighted by Gasteiger charge is 2.14. The standard InChI is InChI=1S/C23H20BrCl2N5O/c1-14-21(26)15(2)31(28-14)12-17-4-3-5-18(10-17)23(32)27-22-20(24)13-30(29-22)11-16-6-8-19(25)9-7-16/h3-10,13H,11-12H2,1-2H3,(H,27,29,32). The number of anilines is 1. The Morgan fingerprint density at radius 2 is 1.78 bits per heavy atom. The van der Waals surface area contributed by atoms with E-state index in [0.29, 0.717) is 39.0 Å². The largest absolute Gasteiger partial charge is 0.304 e. The minimum absolute atomic E-state index is 0.240. The maximum absolute atomic E-state index is 12.9. The molecule has 0 bridgehead atoms. The molecule has 0 saturated carbocycles. The molecule has 0 saturated heterocycles. The summed E-state index contributed by atoms with van der Waals surface area (Å²) < 4.78 is 4.29. The average Bonchev–Trinajstić information content (AvgIpc) is 3.23. The third-order valence-electron chi connectivity index (χ3n) is 5.02. The van der Waals surface area contributed by atoms with Crippen molar-refractivity contribution in [3.8, 4) is 0 Å². The number of hydrogen-bond acceptors (Lipinski definition) is 3. The number of nitrogens with one attached hydrogen (secondary N) is 1. The van der Waals surface area contributed by atoms with Gasteiger partial charge in [0.25, 0.3) is 5.91 Å². The van der Waals surface area contributed by atoms with Gasteiger partial charge in [-0.3, -0.25) is 14.2 Å². The number of aromatic nitrogens is 4. The number of halogens is 3. The van der Waals surface area contributed by atoms with E-state index < -0.39 is 0 Å². The molecule has 0 aliphatic carbocycles. The number of carbonyl (C=O) groups is 1. The van der Waals surface area contributed by atoms with Gasteiger partial charge in [-0.25, -0.2) is 0 Å². The van der Waals surface area contributed by atoms with Crippen LogP contribution in [0.25, 0.3) is 0 Å². The molecule has 6 nitrogen and oxygen atoms in total. The fourth-order valence-corrected chi connectivity index (χ4v) is 4.01. The summed E-state index contributed by atoms with van der Waals surface area (Å²) in [4.78, 5) is 12.9. The van der Waals surface area contributed by atoms with Gasteiger partial charge in [0.15, 0.2) is 5.82 Å². The third kappa shape index (κ3) is 5.06. The van der Waals surface area contributed by atoms with E-state index in [1.54, 1.807) is 10.7 Å². The van der Waals surface area contributed by atoms with Crippen LogP contribution in [0.3, 0.4) is 0 Å². The SMILES string of the molecule is Cc1nn(Cc2cccc(C(=O)Nc3nn(Cc4ccc(Cl)cc4)cc3Br)c2)c(C)c1Cl. The number of aryl methyl sites for hydroxylation is 1. The van der Waals surface area contributed by atoms with Gasteiger partial charge < -0.3 is 5.32 Å². The summed E-state index contributed by atoms with van der Waals surface area (Å²) in [6, 6.07) is 15.0. The van der Waals surface area contributed by atoms with Crippen LogP contribution in [-0.4, -0.2) is 25.5 Å². The van der Waals surface area contributed by atoms with Crippen molar-refractivity contribution in [1.29, 1.82) is 0 Å². The maximum Gasteiger partial charge on any atom is 0.256 e. The first-order valence-electron chi connectivity index (χ1n) is 9.87. The number of hydrogen-bond donors (Lipinski definition) is 1. The van der Waals surface area contributed by atoms with Crippen molar-refractivity contribution < 1.29 is 4.79 Å². The Bertz CT molecular complexity index is 1280. The van der Waals surface area contributed by atoms with Gasteiger partial charge in [0, 0.05) is 16.8 Å². The molecule has 0 aliphatic heterocycles. The molecule has 164 valence electrons. The zero-order valence-electron chi connectivity index (χ0n) is 17.4. The van der Waals surface area contributed by atoms with Crippen LogP contribution in [0.4, 0.5) is 5.82 Å². The van der Waals surface area contributed by atoms with Gasteiger partial charge in [-0.15, -0.1) is 0 Å². The zero-order valence-corrected chi connectivity index (χ0v) is 20.5. The number of rotatable bonds is 6. The zero-order chi connectivity index (χ0) is 22.8. The topological polar surface area (TPSA) is 64.7 Å². The molecule has 2 aromatic heterocycles. The van der Waals surface area contributed by atoms with Crippen molar-refractivity contribution in [1.82, 2.24) is 19.6 Å². The van der Waals surface area contributed by atoms with Gasteiger partial charge in [0.2, 0.25) is 0 Å². The molecule has 2 aromatic carbocycles. The molecule has 2 heterocycles. The first-order valence-corrected chi connectivity index (χ1v) is 11.4. The highest BCUT2D eigenvalue weighted by molar-refractivity contribution is 9.10. The van der Waals surface area contributed by atoms with Crippen molar-refractivity contribution in [3.05, 3.63) is 97.3 Å². The maximum atomic E-state index is 12.9. The van der Waals surface area contributed by atoms with Gasteiger partial charge >= 0.3 is 0 Å². The van der Waals surface area contributed by atoms with E-state index in [9.17, 15) is 4.79 Å². The molecule has 9 heteroatoms. The van der Waals surface area contributed by atoms with Crippen LogP contribution in [0.5, 0.6) is 0 Å². The highest BCUT2D eigenvalue weighted by Crippen LogP contribution is 2.23. The second-order valence-corrected chi connectivity index (χ2v) is 9.12. The normalized spacial score (nSPS) is 11.0. The fraction of sp³-hybridized carbons (Fsp3) is 0.174. The van der Waals surface area contributed by atoms with Crippen LogP contribution >= 0.6 is 39.1 Å². The summed E-state index contributed by atoms with van der Waals surface area (Å²) in [5.74, 6) is 0.218. The van der Waals surface area contributed by atoms with Gasteiger partial charge in [0.05, 0.1) is 34.0 Å². The predicted octanol–water partition coefficient (Wildman–Crippen LogP) is 6.11. The lowest BCUT2D eigenvalue weighted by molar-refractivity contribution is 0.102. The van der Waals surface area contributed by atoms with Crippen LogP contribution in [0.1, 0.15) is 32.9 Å². The lowest BCUT2D eigenvalue weighted by Crippen LogP contribution is -2.14. The van der Waals surface area contributed by atoms with Crippen LogP contribution in [0, 0.1) is 13.8 Å². The number of amides is 1. The first kappa shape index (κ1) is 22.6. The molecule has 0 radical (unpaired) electrons. The van der Waals surface area contributed by atoms with Gasteiger partial charge in [-0.1, -0.05) is 47.5 Å². The summed E-state index contributed by atoms with van der Waals surface area (Å²) in [6.07, 6.45) is 1.83. The van der Waals surface area contributed by atoms with E-state index in [0.717, 1.165) is 22.5 Å². The summed E-state index contributed by atoms with van der Waals surface area (Å²) in [7, 11) is 0. The summed E-state index contributed by atoms with van der Waals surface area (Å²) in [5, 5.41) is 13.2. The molecule has 0 fully saturated rings. The Morgan fingerprint density at radius 1 is 1.03 bits per heavy atom. The van der Waals surface area contributed by atoms with E-state index in [1.807, 2.05) is 67.2 Å². The van der Waals surface area contributed by atoms with Gasteiger partial charge in [-0.2, -0.15) is 10.2 Å². The quantitative estimate of drug-likeness (QED) is 0.325. The summed E-state index contributed by atoms with van der Waals surface area (Å²) in [5.41, 5.74) is 4.23. The van der Waals surface area contributed by atoms with E-state index in [-0.39, 0.29) is 5.91 Å². The van der Waals surface area contributed by atoms with Crippen LogP contribution < -0.4 is 5.32 Å². The Labute approximate surface area is 204 Å². The lowest BCUT2D eigenvalue weighted by atomic mass is 10.1. The van der Waals surface area contributed by atoms with Crippen molar-refractivity contribution >= 4 is 50.9 Å². The van der Waals surface area contributed by atoms with E-state index in [2.05, 4.69) is 31.4 Å². The third-order valence-corrected chi connectivity index (χ3v) is 6.40. The van der Waals surface area contributed by atoms with E-state index in [4.69, 9.17) is 23.2 Å². The van der Waals surface area contributed by atoms with E-state index >= 15 is 0 Å². The van der Waals surface area contributed by atoms with Gasteiger partial charge in [-0.05, 0) is 65.2 Å². The Hall–Kier alpha value is -2.61. The second-order valence-electron chi connectivity index (χ2n) is 7.45.